The molecule has 0 atom stereocenters. The van der Waals surface area contributed by atoms with E-state index in [9.17, 15) is 4.79 Å². The molecule has 2 N–H and O–H groups in total. The number of nitrogens with zero attached hydrogens (tertiary/aromatic N) is 2. The van der Waals surface area contributed by atoms with Crippen molar-refractivity contribution in [2.75, 3.05) is 61.7 Å². The highest BCUT2D eigenvalue weighted by molar-refractivity contribution is 6.27. The lowest BCUT2D eigenvalue weighted by Gasteiger charge is -2.35. The molecule has 202 valence electrons. The first kappa shape index (κ1) is 29.0. The minimum absolute atomic E-state index is 0.0273. The number of hydrogen-bond acceptors (Lipinski definition) is 9. The van der Waals surface area contributed by atoms with Gasteiger partial charge in [-0.1, -0.05) is 6.07 Å². The van der Waals surface area contributed by atoms with Gasteiger partial charge in [0.25, 0.3) is 5.91 Å². The molecule has 2 aromatic rings. The average molecular weight is 521 g/mol. The van der Waals surface area contributed by atoms with Gasteiger partial charge < -0.3 is 38.8 Å². The highest BCUT2D eigenvalue weighted by Gasteiger charge is 2.25. The summed E-state index contributed by atoms with van der Waals surface area (Å²) in [5, 5.41) is 14.8. The third-order valence-electron chi connectivity index (χ3n) is 5.62. The van der Waals surface area contributed by atoms with Crippen molar-refractivity contribution in [3.8, 4) is 28.7 Å². The average Bonchev–Trinajstić information content (AvgIpc) is 2.92. The number of carbonyl (C=O) groups is 3. The Labute approximate surface area is 214 Å². The van der Waals surface area contributed by atoms with Gasteiger partial charge in [0.15, 0.2) is 11.5 Å². The van der Waals surface area contributed by atoms with Gasteiger partial charge in [0.1, 0.15) is 11.5 Å². The summed E-state index contributed by atoms with van der Waals surface area (Å²) in [5.74, 6) is -0.589. The summed E-state index contributed by atoms with van der Waals surface area (Å²) in [7, 11) is 7.97. The van der Waals surface area contributed by atoms with Crippen LogP contribution in [-0.2, 0) is 16.1 Å². The van der Waals surface area contributed by atoms with Crippen LogP contribution in [0.5, 0.6) is 28.7 Å². The fourth-order valence-corrected chi connectivity index (χ4v) is 3.75. The smallest absolute Gasteiger partial charge is 0.414 e. The maximum atomic E-state index is 13.0. The molecule has 1 aliphatic rings. The number of amides is 1. The van der Waals surface area contributed by atoms with E-state index in [1.54, 1.807) is 53.7 Å². The van der Waals surface area contributed by atoms with Crippen molar-refractivity contribution in [2.24, 2.45) is 0 Å². The normalized spacial score (nSPS) is 13.1. The molecule has 1 saturated heterocycles. The van der Waals surface area contributed by atoms with E-state index in [-0.39, 0.29) is 5.91 Å². The summed E-state index contributed by atoms with van der Waals surface area (Å²) < 4.78 is 27.0. The molecule has 0 saturated carbocycles. The van der Waals surface area contributed by atoms with Crippen molar-refractivity contribution in [3.05, 3.63) is 41.5 Å². The Morgan fingerprint density at radius 3 is 1.70 bits per heavy atom. The summed E-state index contributed by atoms with van der Waals surface area (Å²) in [4.78, 5) is 35.3. The molecular weight excluding hydrogens is 488 g/mol. The number of benzene rings is 2. The number of ether oxygens (including phenoxy) is 5. The van der Waals surface area contributed by atoms with E-state index in [0.29, 0.717) is 53.9 Å². The molecule has 1 fully saturated rings. The van der Waals surface area contributed by atoms with E-state index in [2.05, 4.69) is 4.90 Å². The van der Waals surface area contributed by atoms with Gasteiger partial charge in [-0.15, -0.1) is 0 Å². The number of hydrogen-bond donors (Lipinski definition) is 2. The molecule has 0 radical (unpaired) electrons. The number of rotatable bonds is 8. The van der Waals surface area contributed by atoms with Crippen LogP contribution in [0.3, 0.4) is 0 Å². The molecule has 0 aliphatic carbocycles. The Morgan fingerprint density at radius 2 is 1.27 bits per heavy atom. The van der Waals surface area contributed by atoms with Gasteiger partial charge in [-0.25, -0.2) is 9.59 Å². The quantitative estimate of drug-likeness (QED) is 0.492. The van der Waals surface area contributed by atoms with Crippen molar-refractivity contribution in [1.29, 1.82) is 0 Å². The zero-order chi connectivity index (χ0) is 27.5. The minimum atomic E-state index is -1.82. The van der Waals surface area contributed by atoms with Gasteiger partial charge in [0.2, 0.25) is 5.75 Å². The molecule has 3 rings (SSSR count). The minimum Gasteiger partial charge on any atom is -0.497 e. The van der Waals surface area contributed by atoms with Gasteiger partial charge in [-0.05, 0) is 18.2 Å². The number of carboxylic acid groups (broad SMARTS) is 2. The second-order valence-corrected chi connectivity index (χ2v) is 7.77. The molecule has 37 heavy (non-hydrogen) atoms. The van der Waals surface area contributed by atoms with Gasteiger partial charge in [0, 0.05) is 49.9 Å². The first-order chi connectivity index (χ1) is 17.7. The first-order valence-corrected chi connectivity index (χ1v) is 11.2. The largest absolute Gasteiger partial charge is 0.497 e. The highest BCUT2D eigenvalue weighted by atomic mass is 16.5. The Hall–Kier alpha value is -4.19. The number of carbonyl (C=O) groups excluding carboxylic acids is 1. The third kappa shape index (κ3) is 7.64. The standard InChI is InChI=1S/C23H30N2O6.C2H2O4/c1-27-18-12-17(13-19(14-18)28-2)23(26)25-10-8-24(9-11-25)15-16-6-7-20(29-3)22(31-5)21(16)30-4;3-1(4)2(5)6/h6-7,12-14H,8-11,15H2,1-5H3;(H,3,4)(H,5,6). The molecule has 0 bridgehead atoms. The second-order valence-electron chi connectivity index (χ2n) is 7.77. The molecule has 1 heterocycles. The van der Waals surface area contributed by atoms with Crippen LogP contribution in [0.15, 0.2) is 30.3 Å². The molecule has 2 aromatic carbocycles. The Kier molecular flexibility index (Phi) is 10.8. The SMILES string of the molecule is COc1cc(OC)cc(C(=O)N2CCN(Cc3ccc(OC)c(OC)c3OC)CC2)c1.O=C(O)C(=O)O. The monoisotopic (exact) mass is 520 g/mol. The van der Waals surface area contributed by atoms with E-state index in [1.807, 2.05) is 17.0 Å². The van der Waals surface area contributed by atoms with Gasteiger partial charge in [-0.2, -0.15) is 0 Å². The van der Waals surface area contributed by atoms with Crippen molar-refractivity contribution in [1.82, 2.24) is 9.80 Å². The van der Waals surface area contributed by atoms with Crippen LogP contribution in [0.1, 0.15) is 15.9 Å². The highest BCUT2D eigenvalue weighted by Crippen LogP contribution is 2.40. The van der Waals surface area contributed by atoms with Crippen LogP contribution < -0.4 is 23.7 Å². The van der Waals surface area contributed by atoms with Crippen molar-refractivity contribution in [2.45, 2.75) is 6.54 Å². The predicted molar refractivity (Wildman–Crippen MR) is 132 cm³/mol. The molecular formula is C25H32N2O10. The van der Waals surface area contributed by atoms with Crippen LogP contribution in [-0.4, -0.2) is 99.6 Å². The van der Waals surface area contributed by atoms with E-state index in [1.165, 1.54) is 0 Å². The van der Waals surface area contributed by atoms with Crippen LogP contribution in [0, 0.1) is 0 Å². The number of piperazine rings is 1. The van der Waals surface area contributed by atoms with E-state index >= 15 is 0 Å². The van der Waals surface area contributed by atoms with E-state index in [0.717, 1.165) is 18.7 Å². The van der Waals surface area contributed by atoms with E-state index in [4.69, 9.17) is 43.5 Å². The first-order valence-electron chi connectivity index (χ1n) is 11.2. The van der Waals surface area contributed by atoms with Crippen molar-refractivity contribution < 1.29 is 48.3 Å². The fourth-order valence-electron chi connectivity index (χ4n) is 3.75. The van der Waals surface area contributed by atoms with Crippen LogP contribution in [0.25, 0.3) is 0 Å². The van der Waals surface area contributed by atoms with Gasteiger partial charge in [-0.3, -0.25) is 9.69 Å². The lowest BCUT2D eigenvalue weighted by molar-refractivity contribution is -0.159. The molecule has 12 heteroatoms. The molecule has 1 amide bonds. The predicted octanol–water partition coefficient (Wildman–Crippen LogP) is 1.84. The fraction of sp³-hybridized carbons (Fsp3) is 0.400. The Balaban J connectivity index is 0.000000717. The Bertz CT molecular complexity index is 1060. The molecule has 0 spiro atoms. The molecule has 12 nitrogen and oxygen atoms in total. The van der Waals surface area contributed by atoms with Crippen LogP contribution >= 0.6 is 0 Å². The zero-order valence-corrected chi connectivity index (χ0v) is 21.5. The summed E-state index contributed by atoms with van der Waals surface area (Å²) >= 11 is 0. The maximum absolute atomic E-state index is 13.0. The number of carboxylic acids is 2. The summed E-state index contributed by atoms with van der Waals surface area (Å²) in [6, 6.07) is 9.11. The summed E-state index contributed by atoms with van der Waals surface area (Å²) in [6.45, 7) is 3.47. The molecule has 0 aromatic heterocycles. The van der Waals surface area contributed by atoms with Crippen molar-refractivity contribution in [3.63, 3.8) is 0 Å². The molecule has 1 aliphatic heterocycles. The zero-order valence-electron chi connectivity index (χ0n) is 21.5. The topological polar surface area (TPSA) is 144 Å². The lowest BCUT2D eigenvalue weighted by atomic mass is 10.1. The lowest BCUT2D eigenvalue weighted by Crippen LogP contribution is -2.48. The summed E-state index contributed by atoms with van der Waals surface area (Å²) in [6.07, 6.45) is 0. The number of methoxy groups -OCH3 is 5. The van der Waals surface area contributed by atoms with Gasteiger partial charge in [0.05, 0.1) is 35.5 Å². The number of aliphatic carboxylic acids is 2. The Morgan fingerprint density at radius 1 is 0.730 bits per heavy atom. The van der Waals surface area contributed by atoms with E-state index < -0.39 is 11.9 Å². The molecule has 0 unspecified atom stereocenters. The second kappa shape index (κ2) is 13.8. The van der Waals surface area contributed by atoms with Crippen LogP contribution in [0.2, 0.25) is 0 Å². The third-order valence-corrected chi connectivity index (χ3v) is 5.62. The van der Waals surface area contributed by atoms with Crippen LogP contribution in [0.4, 0.5) is 0 Å². The summed E-state index contributed by atoms with van der Waals surface area (Å²) in [5.41, 5.74) is 1.57. The maximum Gasteiger partial charge on any atom is 0.414 e. The van der Waals surface area contributed by atoms with Gasteiger partial charge >= 0.3 is 11.9 Å². The van der Waals surface area contributed by atoms with Crippen molar-refractivity contribution >= 4 is 17.8 Å².